The van der Waals surface area contributed by atoms with Crippen LogP contribution in [0, 0.1) is 5.92 Å². The Morgan fingerprint density at radius 2 is 1.82 bits per heavy atom. The zero-order valence-corrected chi connectivity index (χ0v) is 28.4. The van der Waals surface area contributed by atoms with Gasteiger partial charge in [0.1, 0.15) is 29.3 Å². The molecule has 49 heavy (non-hydrogen) atoms. The molecule has 5 atom stereocenters. The highest BCUT2D eigenvalue weighted by Crippen LogP contribution is 2.45. The van der Waals surface area contributed by atoms with Gasteiger partial charge in [0, 0.05) is 25.4 Å². The zero-order valence-electron chi connectivity index (χ0n) is 28.4. The summed E-state index contributed by atoms with van der Waals surface area (Å²) in [6, 6.07) is 5.46. The standard InChI is InChI=1S/C35H46N6O8/c1-34(2,3)49-33(46)38-26-14-8-6-4-5-7-11-22-20-35(22,32(44)45)39-29(42)27-19-23(21-41(27)31(26)43)48-30-28(40-15-17-47-18-16-40)36-24-12-9-10-13-25(24)37-30/h7,9-13,22-23,26-27H,4-6,8,14-21H2,1-3H3,(H,38,46)(H,39,42)(H,44,45)/b11-7-/t22?,23-,26+,27?,35?/m1/s1. The molecule has 3 unspecified atom stereocenters. The van der Waals surface area contributed by atoms with E-state index in [1.165, 1.54) is 4.90 Å². The monoisotopic (exact) mass is 678 g/mol. The number of ether oxygens (including phenoxy) is 3. The number of morpholine rings is 1. The van der Waals surface area contributed by atoms with Crippen LogP contribution >= 0.6 is 0 Å². The number of para-hydroxylation sites is 2. The van der Waals surface area contributed by atoms with Gasteiger partial charge < -0.3 is 39.8 Å². The first-order chi connectivity index (χ1) is 23.4. The van der Waals surface area contributed by atoms with Crippen LogP contribution in [-0.2, 0) is 23.9 Å². The first kappa shape index (κ1) is 34.4. The third-order valence-electron chi connectivity index (χ3n) is 9.42. The molecule has 0 bridgehead atoms. The Labute approximate surface area is 285 Å². The fraction of sp³-hybridized carbons (Fsp3) is 0.600. The second-order valence-electron chi connectivity index (χ2n) is 14.3. The summed E-state index contributed by atoms with van der Waals surface area (Å²) < 4.78 is 17.6. The number of amides is 3. The average Bonchev–Trinajstić information content (AvgIpc) is 3.60. The minimum Gasteiger partial charge on any atom is -0.479 e. The third-order valence-corrected chi connectivity index (χ3v) is 9.42. The second-order valence-corrected chi connectivity index (χ2v) is 14.3. The van der Waals surface area contributed by atoms with Crippen molar-refractivity contribution in [2.24, 2.45) is 5.92 Å². The Kier molecular flexibility index (Phi) is 9.96. The highest BCUT2D eigenvalue weighted by atomic mass is 16.6. The molecule has 1 aliphatic carbocycles. The highest BCUT2D eigenvalue weighted by molar-refractivity contribution is 5.96. The van der Waals surface area contributed by atoms with Crippen LogP contribution in [0.2, 0.25) is 0 Å². The SMILES string of the molecule is CC(C)(C)OC(=O)N[C@H]1CCCCC/C=C\C2CC2(C(=O)O)NC(=O)C2C[C@@H](Oc3nc4ccccc4nc3N3CCOCC3)CN2C1=O. The van der Waals surface area contributed by atoms with E-state index in [-0.39, 0.29) is 31.2 Å². The van der Waals surface area contributed by atoms with Crippen LogP contribution in [-0.4, -0.2) is 106 Å². The van der Waals surface area contributed by atoms with Crippen LogP contribution in [0.25, 0.3) is 11.0 Å². The molecule has 3 fully saturated rings. The van der Waals surface area contributed by atoms with E-state index in [0.29, 0.717) is 56.0 Å². The van der Waals surface area contributed by atoms with Crippen LogP contribution in [0.5, 0.6) is 5.88 Å². The van der Waals surface area contributed by atoms with Crippen molar-refractivity contribution >= 4 is 40.7 Å². The highest BCUT2D eigenvalue weighted by Gasteiger charge is 2.61. The van der Waals surface area contributed by atoms with Gasteiger partial charge in [-0.15, -0.1) is 0 Å². The van der Waals surface area contributed by atoms with E-state index in [0.717, 1.165) is 19.3 Å². The quantitative estimate of drug-likeness (QED) is 0.397. The number of nitrogens with zero attached hydrogens (tertiary/aromatic N) is 4. The number of carbonyl (C=O) groups excluding carboxylic acids is 3. The summed E-state index contributed by atoms with van der Waals surface area (Å²) in [7, 11) is 0. The number of fused-ring (bicyclic) bond motifs is 3. The fourth-order valence-electron chi connectivity index (χ4n) is 6.79. The predicted octanol–water partition coefficient (Wildman–Crippen LogP) is 3.19. The molecule has 3 aliphatic heterocycles. The van der Waals surface area contributed by atoms with Gasteiger partial charge in [0.2, 0.25) is 11.8 Å². The first-order valence-corrected chi connectivity index (χ1v) is 17.2. The molecule has 14 nitrogen and oxygen atoms in total. The van der Waals surface area contributed by atoms with Crippen molar-refractivity contribution in [3.05, 3.63) is 36.4 Å². The number of carbonyl (C=O) groups is 4. The van der Waals surface area contributed by atoms with Crippen molar-refractivity contribution in [3.63, 3.8) is 0 Å². The number of carboxylic acid groups (broad SMARTS) is 1. The van der Waals surface area contributed by atoms with Crippen LogP contribution in [0.3, 0.4) is 0 Å². The van der Waals surface area contributed by atoms with E-state index in [1.54, 1.807) is 20.8 Å². The van der Waals surface area contributed by atoms with Gasteiger partial charge in [0.25, 0.3) is 5.88 Å². The lowest BCUT2D eigenvalue weighted by atomic mass is 10.0. The predicted molar refractivity (Wildman–Crippen MR) is 179 cm³/mol. The lowest BCUT2D eigenvalue weighted by Crippen LogP contribution is -2.56. The van der Waals surface area contributed by atoms with Crippen molar-refractivity contribution in [3.8, 4) is 5.88 Å². The second kappa shape index (κ2) is 14.2. The van der Waals surface area contributed by atoms with Gasteiger partial charge in [0.15, 0.2) is 5.82 Å². The van der Waals surface area contributed by atoms with Crippen molar-refractivity contribution < 1.29 is 38.5 Å². The van der Waals surface area contributed by atoms with Crippen LogP contribution in [0.1, 0.15) is 65.7 Å². The number of aliphatic carboxylic acids is 1. The van der Waals surface area contributed by atoms with E-state index < -0.39 is 53.2 Å². The minimum absolute atomic E-state index is 0.0177. The molecule has 0 spiro atoms. The van der Waals surface area contributed by atoms with Gasteiger partial charge in [-0.1, -0.05) is 37.1 Å². The van der Waals surface area contributed by atoms with E-state index in [2.05, 4.69) is 10.6 Å². The van der Waals surface area contributed by atoms with Crippen LogP contribution < -0.4 is 20.3 Å². The lowest BCUT2D eigenvalue weighted by molar-refractivity contribution is -0.145. The number of benzene rings is 1. The Morgan fingerprint density at radius 3 is 2.53 bits per heavy atom. The largest absolute Gasteiger partial charge is 0.479 e. The van der Waals surface area contributed by atoms with Gasteiger partial charge in [-0.2, -0.15) is 0 Å². The smallest absolute Gasteiger partial charge is 0.408 e. The van der Waals surface area contributed by atoms with E-state index in [9.17, 15) is 24.3 Å². The molecule has 4 heterocycles. The maximum atomic E-state index is 14.3. The Hall–Kier alpha value is -4.46. The van der Waals surface area contributed by atoms with Crippen LogP contribution in [0.15, 0.2) is 36.4 Å². The molecule has 0 radical (unpaired) electrons. The summed E-state index contributed by atoms with van der Waals surface area (Å²) in [5.74, 6) is -1.68. The molecule has 1 saturated carbocycles. The van der Waals surface area contributed by atoms with Crippen LogP contribution in [0.4, 0.5) is 10.6 Å². The van der Waals surface area contributed by atoms with Crippen molar-refractivity contribution in [2.45, 2.75) is 95.0 Å². The summed E-state index contributed by atoms with van der Waals surface area (Å²) >= 11 is 0. The van der Waals surface area contributed by atoms with Crippen molar-refractivity contribution in [2.75, 3.05) is 37.7 Å². The molecular weight excluding hydrogens is 632 g/mol. The maximum Gasteiger partial charge on any atom is 0.408 e. The summed E-state index contributed by atoms with van der Waals surface area (Å²) in [4.78, 5) is 66.9. The minimum atomic E-state index is -1.44. The molecule has 3 amide bonds. The molecule has 1 aromatic heterocycles. The van der Waals surface area contributed by atoms with Gasteiger partial charge in [-0.05, 0) is 58.6 Å². The zero-order chi connectivity index (χ0) is 34.8. The molecule has 14 heteroatoms. The summed E-state index contributed by atoms with van der Waals surface area (Å²) in [5.41, 5.74) is -0.885. The molecule has 2 saturated heterocycles. The number of hydrogen-bond donors (Lipinski definition) is 3. The Morgan fingerprint density at radius 1 is 1.08 bits per heavy atom. The van der Waals surface area contributed by atoms with Gasteiger partial charge in [-0.25, -0.2) is 19.6 Å². The summed E-state index contributed by atoms with van der Waals surface area (Å²) in [6.07, 6.45) is 6.17. The summed E-state index contributed by atoms with van der Waals surface area (Å²) in [5, 5.41) is 15.7. The topological polar surface area (TPSA) is 173 Å². The van der Waals surface area contributed by atoms with E-state index >= 15 is 0 Å². The molecule has 3 N–H and O–H groups in total. The number of rotatable bonds is 5. The average molecular weight is 679 g/mol. The first-order valence-electron chi connectivity index (χ1n) is 17.2. The van der Waals surface area contributed by atoms with E-state index in [4.69, 9.17) is 24.2 Å². The van der Waals surface area contributed by atoms with E-state index in [1.807, 2.05) is 41.3 Å². The van der Waals surface area contributed by atoms with Crippen molar-refractivity contribution in [1.29, 1.82) is 0 Å². The number of carboxylic acids is 1. The molecule has 2 aromatic rings. The third kappa shape index (κ3) is 7.90. The number of nitrogens with one attached hydrogen (secondary N) is 2. The fourth-order valence-corrected chi connectivity index (χ4v) is 6.79. The lowest BCUT2D eigenvalue weighted by Gasteiger charge is -2.30. The number of hydrogen-bond acceptors (Lipinski definition) is 10. The van der Waals surface area contributed by atoms with Gasteiger partial charge >= 0.3 is 12.1 Å². The normalized spacial score (nSPS) is 28.7. The molecule has 4 aliphatic rings. The number of alkyl carbamates (subject to hydrolysis) is 1. The molecule has 1 aromatic carbocycles. The molecular formula is C35H46N6O8. The number of aromatic nitrogens is 2. The summed E-state index contributed by atoms with van der Waals surface area (Å²) in [6.45, 7) is 7.47. The Balaban J connectivity index is 1.31. The number of anilines is 1. The molecule has 6 rings (SSSR count). The van der Waals surface area contributed by atoms with Gasteiger partial charge in [0.05, 0.1) is 30.8 Å². The maximum absolute atomic E-state index is 14.3. The Bertz CT molecular complexity index is 1600. The van der Waals surface area contributed by atoms with Gasteiger partial charge in [-0.3, -0.25) is 9.59 Å². The van der Waals surface area contributed by atoms with Crippen molar-refractivity contribution in [1.82, 2.24) is 25.5 Å². The number of allylic oxidation sites excluding steroid dienone is 1. The molecule has 264 valence electrons.